The van der Waals surface area contributed by atoms with E-state index in [1.165, 1.54) is 11.3 Å². The smallest absolute Gasteiger partial charge is 0.280 e. The summed E-state index contributed by atoms with van der Waals surface area (Å²) in [7, 11) is 1.96. The highest BCUT2D eigenvalue weighted by molar-refractivity contribution is 7.14. The second-order valence-corrected chi connectivity index (χ2v) is 6.29. The third-order valence-electron chi connectivity index (χ3n) is 3.30. The van der Waals surface area contributed by atoms with Crippen LogP contribution in [0.1, 0.15) is 11.1 Å². The molecule has 1 heterocycles. The molecule has 0 aliphatic carbocycles. The minimum Gasteiger partial charge on any atom is -0.490 e. The van der Waals surface area contributed by atoms with E-state index in [0.717, 1.165) is 22.8 Å². The molecule has 0 saturated heterocycles. The van der Waals surface area contributed by atoms with E-state index in [4.69, 9.17) is 10.00 Å². The standard InChI is InChI=1S/C18H19N3O2S/c1-3-9-23-16-6-4-14(5-7-16)12-21(2)13-17(22)20-18-15(11-19)8-10-24-18/h3-8,10H,1,9,12-13H2,2H3,(H,20,22)/p+1. The fourth-order valence-corrected chi connectivity index (χ4v) is 2.96. The van der Waals surface area contributed by atoms with Crippen molar-refractivity contribution in [3.05, 3.63) is 59.5 Å². The molecule has 0 aliphatic heterocycles. The first-order chi connectivity index (χ1) is 11.6. The molecule has 1 amide bonds. The monoisotopic (exact) mass is 342 g/mol. The van der Waals surface area contributed by atoms with E-state index in [-0.39, 0.29) is 5.91 Å². The molecule has 1 aromatic carbocycles. The van der Waals surface area contributed by atoms with Crippen molar-refractivity contribution in [3.8, 4) is 11.8 Å². The average molecular weight is 342 g/mol. The second-order valence-electron chi connectivity index (χ2n) is 5.38. The number of hydrogen-bond donors (Lipinski definition) is 2. The Labute approximate surface area is 145 Å². The number of amides is 1. The van der Waals surface area contributed by atoms with E-state index < -0.39 is 0 Å². The summed E-state index contributed by atoms with van der Waals surface area (Å²) < 4.78 is 5.45. The van der Waals surface area contributed by atoms with Crippen LogP contribution in [-0.4, -0.2) is 26.1 Å². The molecule has 0 radical (unpaired) electrons. The maximum Gasteiger partial charge on any atom is 0.280 e. The van der Waals surface area contributed by atoms with Crippen LogP contribution in [-0.2, 0) is 11.3 Å². The van der Waals surface area contributed by atoms with E-state index in [1.54, 1.807) is 17.5 Å². The van der Waals surface area contributed by atoms with Crippen LogP contribution in [0.25, 0.3) is 0 Å². The van der Waals surface area contributed by atoms with E-state index in [0.29, 0.717) is 23.7 Å². The summed E-state index contributed by atoms with van der Waals surface area (Å²) in [6, 6.07) is 11.6. The molecule has 0 spiro atoms. The van der Waals surface area contributed by atoms with Gasteiger partial charge < -0.3 is 15.0 Å². The number of likely N-dealkylation sites (N-methyl/N-ethyl adjacent to an activating group) is 1. The van der Waals surface area contributed by atoms with Gasteiger partial charge in [-0.25, -0.2) is 0 Å². The quantitative estimate of drug-likeness (QED) is 0.720. The number of thiophene rings is 1. The third kappa shape index (κ3) is 5.23. The highest BCUT2D eigenvalue weighted by Crippen LogP contribution is 2.21. The maximum absolute atomic E-state index is 12.1. The number of benzene rings is 1. The fourth-order valence-electron chi connectivity index (χ4n) is 2.21. The molecule has 0 bridgehead atoms. The predicted octanol–water partition coefficient (Wildman–Crippen LogP) is 1.84. The third-order valence-corrected chi connectivity index (χ3v) is 4.13. The van der Waals surface area contributed by atoms with Gasteiger partial charge in [-0.2, -0.15) is 5.26 Å². The average Bonchev–Trinajstić information content (AvgIpc) is 3.01. The van der Waals surface area contributed by atoms with Crippen LogP contribution in [0.2, 0.25) is 0 Å². The number of ether oxygens (including phenoxy) is 1. The van der Waals surface area contributed by atoms with Gasteiger partial charge in [-0.05, 0) is 35.7 Å². The Morgan fingerprint density at radius 1 is 1.42 bits per heavy atom. The van der Waals surface area contributed by atoms with E-state index >= 15 is 0 Å². The first-order valence-corrected chi connectivity index (χ1v) is 8.41. The number of nitrogens with zero attached hydrogens (tertiary/aromatic N) is 1. The molecule has 0 saturated carbocycles. The van der Waals surface area contributed by atoms with Crippen molar-refractivity contribution < 1.29 is 14.4 Å². The molecule has 24 heavy (non-hydrogen) atoms. The van der Waals surface area contributed by atoms with Gasteiger partial charge in [0.25, 0.3) is 5.91 Å². The number of nitrogens with one attached hydrogen (secondary N) is 2. The van der Waals surface area contributed by atoms with Crippen molar-refractivity contribution in [2.45, 2.75) is 6.54 Å². The zero-order chi connectivity index (χ0) is 17.4. The van der Waals surface area contributed by atoms with Gasteiger partial charge in [0.05, 0.1) is 12.6 Å². The number of rotatable bonds is 8. The Bertz CT molecular complexity index is 731. The molecule has 1 unspecified atom stereocenters. The Balaban J connectivity index is 1.84. The summed E-state index contributed by atoms with van der Waals surface area (Å²) in [5.41, 5.74) is 1.63. The van der Waals surface area contributed by atoms with E-state index in [1.807, 2.05) is 31.3 Å². The van der Waals surface area contributed by atoms with Gasteiger partial charge in [0.2, 0.25) is 0 Å². The van der Waals surface area contributed by atoms with Crippen LogP contribution < -0.4 is 15.0 Å². The Morgan fingerprint density at radius 3 is 2.83 bits per heavy atom. The number of quaternary nitrogens is 1. The van der Waals surface area contributed by atoms with Crippen LogP contribution >= 0.6 is 11.3 Å². The van der Waals surface area contributed by atoms with Crippen molar-refractivity contribution in [3.63, 3.8) is 0 Å². The number of hydrogen-bond acceptors (Lipinski definition) is 4. The molecule has 1 aromatic heterocycles. The molecule has 0 fully saturated rings. The second kappa shape index (κ2) is 8.87. The summed E-state index contributed by atoms with van der Waals surface area (Å²) >= 11 is 1.36. The van der Waals surface area contributed by atoms with Crippen molar-refractivity contribution in [2.75, 3.05) is 25.5 Å². The largest absolute Gasteiger partial charge is 0.490 e. The Kier molecular flexibility index (Phi) is 6.55. The summed E-state index contributed by atoms with van der Waals surface area (Å²) in [6.45, 7) is 5.16. The van der Waals surface area contributed by atoms with Crippen LogP contribution in [0.4, 0.5) is 5.00 Å². The lowest BCUT2D eigenvalue weighted by molar-refractivity contribution is -0.885. The highest BCUT2D eigenvalue weighted by Gasteiger charge is 2.13. The molecular weight excluding hydrogens is 322 g/mol. The van der Waals surface area contributed by atoms with Gasteiger partial charge in [-0.3, -0.25) is 4.79 Å². The minimum atomic E-state index is -0.0996. The lowest BCUT2D eigenvalue weighted by Gasteiger charge is -2.14. The van der Waals surface area contributed by atoms with Crippen molar-refractivity contribution in [1.82, 2.24) is 0 Å². The van der Waals surface area contributed by atoms with Gasteiger partial charge in [-0.15, -0.1) is 11.3 Å². The SMILES string of the molecule is C=CCOc1ccc(C[NH+](C)CC(=O)Nc2sccc2C#N)cc1. The molecule has 124 valence electrons. The Hall–Kier alpha value is -2.62. The number of carbonyl (C=O) groups is 1. The summed E-state index contributed by atoms with van der Waals surface area (Å²) in [5, 5.41) is 14.2. The van der Waals surface area contributed by atoms with Crippen LogP contribution in [0.5, 0.6) is 5.75 Å². The van der Waals surface area contributed by atoms with Crippen molar-refractivity contribution >= 4 is 22.2 Å². The fraction of sp³-hybridized carbons (Fsp3) is 0.222. The van der Waals surface area contributed by atoms with E-state index in [2.05, 4.69) is 18.0 Å². The van der Waals surface area contributed by atoms with E-state index in [9.17, 15) is 4.79 Å². The molecule has 2 N–H and O–H groups in total. The molecule has 5 nitrogen and oxygen atoms in total. The van der Waals surface area contributed by atoms with Gasteiger partial charge in [-0.1, -0.05) is 12.7 Å². The molecule has 6 heteroatoms. The summed E-state index contributed by atoms with van der Waals surface area (Å²) in [4.78, 5) is 13.1. The number of nitriles is 1. The van der Waals surface area contributed by atoms with Gasteiger partial charge in [0, 0.05) is 5.56 Å². The van der Waals surface area contributed by atoms with Gasteiger partial charge in [0.1, 0.15) is 30.0 Å². The number of carbonyl (C=O) groups excluding carboxylic acids is 1. The zero-order valence-corrected chi connectivity index (χ0v) is 14.4. The summed E-state index contributed by atoms with van der Waals surface area (Å²) in [6.07, 6.45) is 1.70. The predicted molar refractivity (Wildman–Crippen MR) is 95.3 cm³/mol. The van der Waals surface area contributed by atoms with Crippen LogP contribution in [0.15, 0.2) is 48.4 Å². The normalized spacial score (nSPS) is 11.3. The lowest BCUT2D eigenvalue weighted by atomic mass is 10.2. The molecular formula is C18H20N3O2S+. The van der Waals surface area contributed by atoms with Crippen molar-refractivity contribution in [1.29, 1.82) is 5.26 Å². The molecule has 0 aliphatic rings. The molecule has 1 atom stereocenters. The van der Waals surface area contributed by atoms with Gasteiger partial charge >= 0.3 is 0 Å². The maximum atomic E-state index is 12.1. The zero-order valence-electron chi connectivity index (χ0n) is 13.5. The first-order valence-electron chi connectivity index (χ1n) is 7.53. The lowest BCUT2D eigenvalue weighted by Crippen LogP contribution is -3.08. The van der Waals surface area contributed by atoms with Crippen LogP contribution in [0.3, 0.4) is 0 Å². The number of anilines is 1. The molecule has 2 aromatic rings. The minimum absolute atomic E-state index is 0.0996. The highest BCUT2D eigenvalue weighted by atomic mass is 32.1. The van der Waals surface area contributed by atoms with Crippen molar-refractivity contribution in [2.24, 2.45) is 0 Å². The van der Waals surface area contributed by atoms with Crippen LogP contribution in [0, 0.1) is 11.3 Å². The Morgan fingerprint density at radius 2 is 2.17 bits per heavy atom. The topological polar surface area (TPSA) is 66.6 Å². The summed E-state index contributed by atoms with van der Waals surface area (Å²) in [5.74, 6) is 0.702. The van der Waals surface area contributed by atoms with Gasteiger partial charge in [0.15, 0.2) is 6.54 Å². The first kappa shape index (κ1) is 17.7. The molecule has 2 rings (SSSR count).